The zero-order chi connectivity index (χ0) is 15.9. The molecule has 0 atom stereocenters. The molecule has 0 saturated carbocycles. The van der Waals surface area contributed by atoms with Gasteiger partial charge < -0.3 is 14.6 Å². The molecule has 1 heterocycles. The summed E-state index contributed by atoms with van der Waals surface area (Å²) in [6.07, 6.45) is 1.54. The van der Waals surface area contributed by atoms with Gasteiger partial charge in [0.2, 0.25) is 5.91 Å². The number of furan rings is 1. The van der Waals surface area contributed by atoms with Crippen molar-refractivity contribution in [3.05, 3.63) is 59.8 Å². The van der Waals surface area contributed by atoms with Gasteiger partial charge in [-0.25, -0.2) is 4.39 Å². The van der Waals surface area contributed by atoms with E-state index in [1.807, 2.05) is 0 Å². The van der Waals surface area contributed by atoms with E-state index in [0.717, 1.165) is 0 Å². The summed E-state index contributed by atoms with van der Waals surface area (Å²) >= 11 is 0. The summed E-state index contributed by atoms with van der Waals surface area (Å²) in [5.41, 5.74) is 0.250. The fraction of sp³-hybridized carbons (Fsp3) is 0.250. The van der Waals surface area contributed by atoms with Gasteiger partial charge in [-0.3, -0.25) is 9.59 Å². The summed E-state index contributed by atoms with van der Waals surface area (Å²) in [4.78, 5) is 25.0. The summed E-state index contributed by atoms with van der Waals surface area (Å²) in [5, 5.41) is 2.66. The highest BCUT2D eigenvalue weighted by Crippen LogP contribution is 2.06. The van der Waals surface area contributed by atoms with Crippen LogP contribution < -0.4 is 5.32 Å². The normalized spacial score (nSPS) is 10.3. The van der Waals surface area contributed by atoms with Gasteiger partial charge in [0.15, 0.2) is 0 Å². The minimum Gasteiger partial charge on any atom is -0.467 e. The molecule has 0 aliphatic heterocycles. The van der Waals surface area contributed by atoms with Crippen molar-refractivity contribution in [3.8, 4) is 0 Å². The second kappa shape index (κ2) is 7.40. The topological polar surface area (TPSA) is 62.6 Å². The number of rotatable bonds is 6. The molecular formula is C16H17FN2O3. The third kappa shape index (κ3) is 4.44. The van der Waals surface area contributed by atoms with Crippen molar-refractivity contribution in [2.24, 2.45) is 0 Å². The van der Waals surface area contributed by atoms with Crippen molar-refractivity contribution in [3.63, 3.8) is 0 Å². The number of hydrogen-bond donors (Lipinski definition) is 1. The van der Waals surface area contributed by atoms with Gasteiger partial charge in [0, 0.05) is 25.6 Å². The van der Waals surface area contributed by atoms with Crippen LogP contribution in [0.2, 0.25) is 0 Å². The van der Waals surface area contributed by atoms with Gasteiger partial charge in [-0.15, -0.1) is 0 Å². The molecule has 116 valence electrons. The Labute approximate surface area is 127 Å². The third-order valence-electron chi connectivity index (χ3n) is 3.13. The first-order chi connectivity index (χ1) is 10.6. The van der Waals surface area contributed by atoms with Crippen LogP contribution in [0.15, 0.2) is 47.1 Å². The van der Waals surface area contributed by atoms with Crippen LogP contribution in [0.25, 0.3) is 0 Å². The van der Waals surface area contributed by atoms with Crippen molar-refractivity contribution < 1.29 is 18.4 Å². The molecule has 0 bridgehead atoms. The van der Waals surface area contributed by atoms with E-state index >= 15 is 0 Å². The minimum atomic E-state index is -0.462. The van der Waals surface area contributed by atoms with Crippen molar-refractivity contribution in [1.29, 1.82) is 0 Å². The molecule has 2 rings (SSSR count). The number of hydrogen-bond acceptors (Lipinski definition) is 3. The highest BCUT2D eigenvalue weighted by molar-refractivity contribution is 5.94. The molecule has 1 aromatic heterocycles. The van der Waals surface area contributed by atoms with Gasteiger partial charge >= 0.3 is 0 Å². The fourth-order valence-electron chi connectivity index (χ4n) is 1.97. The Kier molecular flexibility index (Phi) is 5.30. The highest BCUT2D eigenvalue weighted by Gasteiger charge is 2.12. The van der Waals surface area contributed by atoms with Crippen LogP contribution in [0.5, 0.6) is 0 Å². The average molecular weight is 304 g/mol. The van der Waals surface area contributed by atoms with Gasteiger partial charge in [-0.2, -0.15) is 0 Å². The van der Waals surface area contributed by atoms with E-state index in [9.17, 15) is 14.0 Å². The standard InChI is InChI=1S/C16H17FN2O3/c1-12(20)19(11-15-6-3-9-22-15)8-7-18-16(21)13-4-2-5-14(17)10-13/h2-6,9-10H,7-8,11H2,1H3,(H,18,21). The summed E-state index contributed by atoms with van der Waals surface area (Å²) in [6, 6.07) is 8.98. The zero-order valence-electron chi connectivity index (χ0n) is 12.2. The fourth-order valence-corrected chi connectivity index (χ4v) is 1.97. The number of nitrogens with one attached hydrogen (secondary N) is 1. The van der Waals surface area contributed by atoms with Crippen LogP contribution in [0.3, 0.4) is 0 Å². The number of halogens is 1. The Morgan fingerprint density at radius 1 is 1.27 bits per heavy atom. The molecule has 6 heteroatoms. The highest BCUT2D eigenvalue weighted by atomic mass is 19.1. The van der Waals surface area contributed by atoms with Gasteiger partial charge in [-0.1, -0.05) is 6.07 Å². The van der Waals surface area contributed by atoms with E-state index in [1.165, 1.54) is 31.2 Å². The first-order valence-electron chi connectivity index (χ1n) is 6.88. The monoisotopic (exact) mass is 304 g/mol. The second-order valence-electron chi connectivity index (χ2n) is 4.79. The van der Waals surface area contributed by atoms with Crippen molar-refractivity contribution in [2.75, 3.05) is 13.1 Å². The van der Waals surface area contributed by atoms with E-state index in [1.54, 1.807) is 23.3 Å². The molecule has 0 fully saturated rings. The molecule has 0 spiro atoms. The third-order valence-corrected chi connectivity index (χ3v) is 3.13. The van der Waals surface area contributed by atoms with E-state index in [0.29, 0.717) is 18.8 Å². The van der Waals surface area contributed by atoms with Crippen LogP contribution >= 0.6 is 0 Å². The molecular weight excluding hydrogens is 287 g/mol. The zero-order valence-corrected chi connectivity index (χ0v) is 12.2. The lowest BCUT2D eigenvalue weighted by Crippen LogP contribution is -2.37. The van der Waals surface area contributed by atoms with E-state index in [2.05, 4.69) is 5.32 Å². The van der Waals surface area contributed by atoms with Crippen molar-refractivity contribution >= 4 is 11.8 Å². The summed E-state index contributed by atoms with van der Waals surface area (Å²) in [7, 11) is 0. The van der Waals surface area contributed by atoms with Gasteiger partial charge in [0.1, 0.15) is 11.6 Å². The van der Waals surface area contributed by atoms with Crippen LogP contribution in [-0.4, -0.2) is 29.8 Å². The molecule has 0 aliphatic rings. The van der Waals surface area contributed by atoms with E-state index in [4.69, 9.17) is 4.42 Å². The quantitative estimate of drug-likeness (QED) is 0.890. The summed E-state index contributed by atoms with van der Waals surface area (Å²) in [5.74, 6) is -0.278. The Bertz CT molecular complexity index is 641. The Hall–Kier alpha value is -2.63. The lowest BCUT2D eigenvalue weighted by atomic mass is 10.2. The summed E-state index contributed by atoms with van der Waals surface area (Å²) in [6.45, 7) is 2.42. The van der Waals surface area contributed by atoms with Crippen LogP contribution in [0.4, 0.5) is 4.39 Å². The maximum absolute atomic E-state index is 13.1. The Morgan fingerprint density at radius 2 is 2.09 bits per heavy atom. The molecule has 0 saturated heterocycles. The summed E-state index contributed by atoms with van der Waals surface area (Å²) < 4.78 is 18.3. The van der Waals surface area contributed by atoms with Crippen molar-refractivity contribution in [1.82, 2.24) is 10.2 Å². The molecule has 1 aromatic carbocycles. The molecule has 5 nitrogen and oxygen atoms in total. The number of benzene rings is 1. The number of carbonyl (C=O) groups excluding carboxylic acids is 2. The predicted octanol–water partition coefficient (Wildman–Crippen LogP) is 2.20. The lowest BCUT2D eigenvalue weighted by Gasteiger charge is -2.20. The maximum Gasteiger partial charge on any atom is 0.251 e. The van der Waals surface area contributed by atoms with E-state index in [-0.39, 0.29) is 23.9 Å². The Balaban J connectivity index is 1.85. The van der Waals surface area contributed by atoms with Crippen LogP contribution in [0, 0.1) is 5.82 Å². The molecule has 0 aliphatic carbocycles. The van der Waals surface area contributed by atoms with Crippen LogP contribution in [0.1, 0.15) is 23.0 Å². The lowest BCUT2D eigenvalue weighted by molar-refractivity contribution is -0.129. The van der Waals surface area contributed by atoms with E-state index < -0.39 is 5.82 Å². The molecule has 2 aromatic rings. The predicted molar refractivity (Wildman–Crippen MR) is 78.5 cm³/mol. The van der Waals surface area contributed by atoms with Gasteiger partial charge in [-0.05, 0) is 30.3 Å². The van der Waals surface area contributed by atoms with Gasteiger partial charge in [0.25, 0.3) is 5.91 Å². The Morgan fingerprint density at radius 3 is 2.73 bits per heavy atom. The molecule has 0 radical (unpaired) electrons. The smallest absolute Gasteiger partial charge is 0.251 e. The first-order valence-corrected chi connectivity index (χ1v) is 6.88. The minimum absolute atomic E-state index is 0.114. The van der Waals surface area contributed by atoms with Crippen molar-refractivity contribution in [2.45, 2.75) is 13.5 Å². The van der Waals surface area contributed by atoms with Gasteiger partial charge in [0.05, 0.1) is 12.8 Å². The number of nitrogens with zero attached hydrogens (tertiary/aromatic N) is 1. The number of carbonyl (C=O) groups is 2. The maximum atomic E-state index is 13.1. The molecule has 22 heavy (non-hydrogen) atoms. The molecule has 1 N–H and O–H groups in total. The van der Waals surface area contributed by atoms with Crippen LogP contribution in [-0.2, 0) is 11.3 Å². The molecule has 0 unspecified atom stereocenters. The SMILES string of the molecule is CC(=O)N(CCNC(=O)c1cccc(F)c1)Cc1ccco1. The second-order valence-corrected chi connectivity index (χ2v) is 4.79. The first kappa shape index (κ1) is 15.8. The largest absolute Gasteiger partial charge is 0.467 e. The average Bonchev–Trinajstić information content (AvgIpc) is 2.99. The molecule has 2 amide bonds. The number of amides is 2.